The summed E-state index contributed by atoms with van der Waals surface area (Å²) in [6.07, 6.45) is 2.22. The Kier molecular flexibility index (Phi) is 7.65. The summed E-state index contributed by atoms with van der Waals surface area (Å²) in [7, 11) is 3.34. The van der Waals surface area contributed by atoms with Crippen LogP contribution in [0.15, 0.2) is 0 Å². The number of nitrogens with zero attached hydrogens (tertiary/aromatic N) is 2. The van der Waals surface area contributed by atoms with Crippen molar-refractivity contribution in [1.29, 1.82) is 0 Å². The molecule has 0 aromatic heterocycles. The van der Waals surface area contributed by atoms with Gasteiger partial charge in [0.15, 0.2) is 0 Å². The van der Waals surface area contributed by atoms with E-state index in [0.717, 1.165) is 0 Å². The van der Waals surface area contributed by atoms with E-state index in [0.29, 0.717) is 38.8 Å². The first-order chi connectivity index (χ1) is 13.1. The maximum Gasteiger partial charge on any atom is 0.317 e. The van der Waals surface area contributed by atoms with Gasteiger partial charge in [-0.05, 0) is 39.5 Å². The van der Waals surface area contributed by atoms with E-state index >= 15 is 0 Å². The molecule has 0 radical (unpaired) electrons. The minimum Gasteiger partial charge on any atom is -0.481 e. The molecule has 1 unspecified atom stereocenters. The summed E-state index contributed by atoms with van der Waals surface area (Å²) in [6.45, 7) is 4.89. The topological polar surface area (TPSA) is 108 Å². The minimum atomic E-state index is -0.754. The van der Waals surface area contributed by atoms with Gasteiger partial charge in [-0.15, -0.1) is 0 Å². The lowest BCUT2D eigenvalue weighted by atomic mass is 9.86. The van der Waals surface area contributed by atoms with Gasteiger partial charge in [0, 0.05) is 20.1 Å². The lowest BCUT2D eigenvalue weighted by Crippen LogP contribution is -2.59. The Morgan fingerprint density at radius 3 is 2.43 bits per heavy atom. The van der Waals surface area contributed by atoms with E-state index < -0.39 is 11.6 Å². The third kappa shape index (κ3) is 6.63. The van der Waals surface area contributed by atoms with E-state index in [4.69, 9.17) is 14.6 Å². The first-order valence-corrected chi connectivity index (χ1v) is 9.81. The average Bonchev–Trinajstić information content (AvgIpc) is 2.60. The number of amides is 3. The lowest BCUT2D eigenvalue weighted by molar-refractivity contribution is -0.153. The zero-order chi connectivity index (χ0) is 20.9. The zero-order valence-corrected chi connectivity index (χ0v) is 17.3. The number of urea groups is 1. The van der Waals surface area contributed by atoms with Crippen molar-refractivity contribution in [2.24, 2.45) is 5.92 Å². The van der Waals surface area contributed by atoms with Crippen LogP contribution in [0.2, 0.25) is 0 Å². The van der Waals surface area contributed by atoms with Crippen LogP contribution in [0.5, 0.6) is 0 Å². The number of hydrogen-bond acceptors (Lipinski definition) is 5. The number of aliphatic carboxylic acids is 1. The molecular formula is C19H33N3O6. The Morgan fingerprint density at radius 1 is 1.21 bits per heavy atom. The third-order valence-electron chi connectivity index (χ3n) is 5.20. The maximum atomic E-state index is 12.7. The van der Waals surface area contributed by atoms with E-state index in [9.17, 15) is 14.4 Å². The number of ether oxygens (including phenoxy) is 2. The number of carboxylic acids is 1. The number of carboxylic acid groups (broad SMARTS) is 1. The molecule has 1 atom stereocenters. The van der Waals surface area contributed by atoms with Gasteiger partial charge in [0.05, 0.1) is 37.3 Å². The quantitative estimate of drug-likeness (QED) is 0.688. The molecule has 0 bridgehead atoms. The molecule has 0 aromatic carbocycles. The zero-order valence-electron chi connectivity index (χ0n) is 17.3. The van der Waals surface area contributed by atoms with Crippen molar-refractivity contribution in [1.82, 2.24) is 15.1 Å². The van der Waals surface area contributed by atoms with Gasteiger partial charge in [-0.2, -0.15) is 0 Å². The molecule has 1 aliphatic heterocycles. The molecule has 2 aliphatic rings. The fraction of sp³-hybridized carbons (Fsp3) is 0.842. The summed E-state index contributed by atoms with van der Waals surface area (Å²) in [5, 5.41) is 12.1. The molecule has 1 aliphatic carbocycles. The number of carbonyl (C=O) groups is 3. The molecule has 1 heterocycles. The first-order valence-electron chi connectivity index (χ1n) is 9.81. The molecule has 2 N–H and O–H groups in total. The molecule has 9 nitrogen and oxygen atoms in total. The molecule has 3 amide bonds. The van der Waals surface area contributed by atoms with Crippen LogP contribution in [0.1, 0.15) is 39.5 Å². The molecule has 1 saturated heterocycles. The minimum absolute atomic E-state index is 0.00136. The van der Waals surface area contributed by atoms with Gasteiger partial charge in [-0.25, -0.2) is 4.79 Å². The van der Waals surface area contributed by atoms with Gasteiger partial charge in [-0.1, -0.05) is 0 Å². The van der Waals surface area contributed by atoms with E-state index in [1.165, 1.54) is 4.90 Å². The molecule has 28 heavy (non-hydrogen) atoms. The molecule has 160 valence electrons. The summed E-state index contributed by atoms with van der Waals surface area (Å²) in [5.74, 6) is -1.18. The summed E-state index contributed by atoms with van der Waals surface area (Å²) in [4.78, 5) is 38.6. The molecule has 9 heteroatoms. The van der Waals surface area contributed by atoms with Crippen molar-refractivity contribution in [3.05, 3.63) is 0 Å². The smallest absolute Gasteiger partial charge is 0.317 e. The fourth-order valence-corrected chi connectivity index (χ4v) is 3.69. The number of rotatable bonds is 6. The lowest BCUT2D eigenvalue weighted by Gasteiger charge is -2.43. The summed E-state index contributed by atoms with van der Waals surface area (Å²) < 4.78 is 11.5. The monoisotopic (exact) mass is 399 g/mol. The Labute approximate surface area is 166 Å². The molecule has 2 fully saturated rings. The summed E-state index contributed by atoms with van der Waals surface area (Å²) in [5.41, 5.74) is -0.518. The molecule has 0 aromatic rings. The van der Waals surface area contributed by atoms with Gasteiger partial charge >= 0.3 is 12.0 Å². The van der Waals surface area contributed by atoms with E-state index in [1.807, 2.05) is 13.8 Å². The highest BCUT2D eigenvalue weighted by Gasteiger charge is 2.37. The van der Waals surface area contributed by atoms with E-state index in [1.54, 1.807) is 19.0 Å². The Bertz CT molecular complexity index is 572. The number of morpholine rings is 1. The first kappa shape index (κ1) is 22.4. The normalized spacial score (nSPS) is 27.1. The highest BCUT2D eigenvalue weighted by atomic mass is 16.6. The highest BCUT2D eigenvalue weighted by molar-refractivity contribution is 5.76. The predicted octanol–water partition coefficient (Wildman–Crippen LogP) is 0.924. The van der Waals surface area contributed by atoms with Gasteiger partial charge < -0.3 is 29.7 Å². The van der Waals surface area contributed by atoms with Crippen LogP contribution < -0.4 is 5.32 Å². The Balaban J connectivity index is 1.83. The van der Waals surface area contributed by atoms with Crippen molar-refractivity contribution in [2.45, 2.75) is 57.3 Å². The van der Waals surface area contributed by atoms with Gasteiger partial charge in [0.1, 0.15) is 6.61 Å². The van der Waals surface area contributed by atoms with Crippen LogP contribution in [0, 0.1) is 5.92 Å². The van der Waals surface area contributed by atoms with Gasteiger partial charge in [-0.3, -0.25) is 9.59 Å². The molecule has 2 rings (SSSR count). The van der Waals surface area contributed by atoms with Crippen molar-refractivity contribution in [3.8, 4) is 0 Å². The molecular weight excluding hydrogens is 366 g/mol. The summed E-state index contributed by atoms with van der Waals surface area (Å²) in [6, 6.07) is -0.161. The van der Waals surface area contributed by atoms with Crippen LogP contribution >= 0.6 is 0 Å². The maximum absolute atomic E-state index is 12.7. The van der Waals surface area contributed by atoms with Crippen molar-refractivity contribution in [2.75, 3.05) is 40.4 Å². The standard InChI is InChI=1S/C19H33N3O6/c1-19(2)12-22(9-15(28-19)10-27-11-16(23)21(3)4)18(26)20-14-7-5-13(6-8-14)17(24)25/h13-15H,5-12H2,1-4H3,(H,20,26)(H,24,25). The largest absolute Gasteiger partial charge is 0.481 e. The van der Waals surface area contributed by atoms with Crippen molar-refractivity contribution < 1.29 is 29.0 Å². The number of likely N-dealkylation sites (N-methyl/N-ethyl adjacent to an activating group) is 1. The van der Waals surface area contributed by atoms with Crippen LogP contribution in [0.3, 0.4) is 0 Å². The third-order valence-corrected chi connectivity index (χ3v) is 5.20. The summed E-state index contributed by atoms with van der Waals surface area (Å²) >= 11 is 0. The van der Waals surface area contributed by atoms with E-state index in [-0.39, 0.29) is 43.2 Å². The van der Waals surface area contributed by atoms with Crippen LogP contribution in [-0.4, -0.2) is 91.0 Å². The molecule has 1 saturated carbocycles. The highest BCUT2D eigenvalue weighted by Crippen LogP contribution is 2.25. The van der Waals surface area contributed by atoms with Gasteiger partial charge in [0.2, 0.25) is 5.91 Å². The van der Waals surface area contributed by atoms with Crippen molar-refractivity contribution in [3.63, 3.8) is 0 Å². The second-order valence-electron chi connectivity index (χ2n) is 8.52. The second-order valence-corrected chi connectivity index (χ2v) is 8.52. The fourth-order valence-electron chi connectivity index (χ4n) is 3.69. The second kappa shape index (κ2) is 9.56. The van der Waals surface area contributed by atoms with Crippen molar-refractivity contribution >= 4 is 17.9 Å². The Hall–Kier alpha value is -1.87. The van der Waals surface area contributed by atoms with Crippen LogP contribution in [0.25, 0.3) is 0 Å². The number of carbonyl (C=O) groups excluding carboxylic acids is 2. The van der Waals surface area contributed by atoms with Crippen LogP contribution in [0.4, 0.5) is 4.79 Å². The van der Waals surface area contributed by atoms with Gasteiger partial charge in [0.25, 0.3) is 0 Å². The SMILES string of the molecule is CN(C)C(=O)COCC1CN(C(=O)NC2CCC(C(=O)O)CC2)CC(C)(C)O1. The van der Waals surface area contributed by atoms with Crippen LogP contribution in [-0.2, 0) is 19.1 Å². The average molecular weight is 399 g/mol. The number of hydrogen-bond donors (Lipinski definition) is 2. The molecule has 0 spiro atoms. The Morgan fingerprint density at radius 2 is 1.86 bits per heavy atom. The number of nitrogens with one attached hydrogen (secondary N) is 1. The van der Waals surface area contributed by atoms with E-state index in [2.05, 4.69) is 5.32 Å². The predicted molar refractivity (Wildman–Crippen MR) is 102 cm³/mol.